The average Bonchev–Trinajstić information content (AvgIpc) is 2.27. The minimum absolute atomic E-state index is 0.0979. The molecule has 102 valence electrons. The molecule has 4 heteroatoms. The highest BCUT2D eigenvalue weighted by Crippen LogP contribution is 2.08. The predicted molar refractivity (Wildman–Crippen MR) is 72.8 cm³/mol. The van der Waals surface area contributed by atoms with Gasteiger partial charge in [-0.05, 0) is 33.4 Å². The number of rotatable bonds is 9. The lowest BCUT2D eigenvalue weighted by molar-refractivity contribution is -0.124. The Hall–Kier alpha value is -0.610. The van der Waals surface area contributed by atoms with E-state index in [2.05, 4.69) is 24.2 Å². The summed E-state index contributed by atoms with van der Waals surface area (Å²) >= 11 is 0. The number of carbonyl (C=O) groups excluding carboxylic acids is 1. The molecule has 0 spiro atoms. The maximum Gasteiger partial charge on any atom is 0.222 e. The van der Waals surface area contributed by atoms with Gasteiger partial charge in [0.2, 0.25) is 5.91 Å². The first-order valence-corrected chi connectivity index (χ1v) is 6.69. The lowest BCUT2D eigenvalue weighted by Crippen LogP contribution is -2.35. The van der Waals surface area contributed by atoms with Crippen molar-refractivity contribution in [2.24, 2.45) is 11.7 Å². The van der Waals surface area contributed by atoms with E-state index in [0.29, 0.717) is 0 Å². The molecule has 0 saturated carbocycles. The maximum absolute atomic E-state index is 11.7. The monoisotopic (exact) mass is 243 g/mol. The second-order valence-corrected chi connectivity index (χ2v) is 5.00. The van der Waals surface area contributed by atoms with E-state index in [1.54, 1.807) is 0 Å². The van der Waals surface area contributed by atoms with E-state index >= 15 is 0 Å². The van der Waals surface area contributed by atoms with Crippen molar-refractivity contribution in [1.82, 2.24) is 10.2 Å². The number of hydrogen-bond acceptors (Lipinski definition) is 3. The molecular formula is C13H29N3O. The fraction of sp³-hybridized carbons (Fsp3) is 0.923. The molecule has 0 aromatic carbocycles. The normalized spacial score (nSPS) is 14.7. The van der Waals surface area contributed by atoms with Crippen LogP contribution in [-0.2, 0) is 4.79 Å². The zero-order chi connectivity index (χ0) is 13.3. The van der Waals surface area contributed by atoms with Gasteiger partial charge in [0.1, 0.15) is 0 Å². The van der Waals surface area contributed by atoms with Crippen LogP contribution in [0.4, 0.5) is 0 Å². The Balaban J connectivity index is 3.60. The zero-order valence-electron chi connectivity index (χ0n) is 11.8. The minimum atomic E-state index is 0.0979. The molecule has 0 aromatic heterocycles. The molecule has 0 aliphatic heterocycles. The molecule has 17 heavy (non-hydrogen) atoms. The molecule has 0 aliphatic rings. The van der Waals surface area contributed by atoms with E-state index in [4.69, 9.17) is 5.73 Å². The van der Waals surface area contributed by atoms with Crippen LogP contribution in [0.2, 0.25) is 0 Å². The van der Waals surface area contributed by atoms with Crippen LogP contribution in [0, 0.1) is 5.92 Å². The van der Waals surface area contributed by atoms with E-state index in [1.165, 1.54) is 0 Å². The molecule has 3 N–H and O–H groups in total. The van der Waals surface area contributed by atoms with E-state index < -0.39 is 0 Å². The van der Waals surface area contributed by atoms with Crippen LogP contribution in [0.5, 0.6) is 0 Å². The van der Waals surface area contributed by atoms with E-state index in [0.717, 1.165) is 38.9 Å². The summed E-state index contributed by atoms with van der Waals surface area (Å²) in [5, 5.41) is 2.97. The van der Waals surface area contributed by atoms with Gasteiger partial charge in [-0.15, -0.1) is 0 Å². The second kappa shape index (κ2) is 9.42. The first-order valence-electron chi connectivity index (χ1n) is 6.69. The third kappa shape index (κ3) is 9.12. The SMILES string of the molecule is CCN(C)CCNC(=O)C(C)CCCC(C)N. The second-order valence-electron chi connectivity index (χ2n) is 5.00. The van der Waals surface area contributed by atoms with Crippen molar-refractivity contribution in [3.63, 3.8) is 0 Å². The van der Waals surface area contributed by atoms with E-state index in [9.17, 15) is 4.79 Å². The van der Waals surface area contributed by atoms with Gasteiger partial charge >= 0.3 is 0 Å². The van der Waals surface area contributed by atoms with Crippen molar-refractivity contribution < 1.29 is 4.79 Å². The molecule has 0 saturated heterocycles. The summed E-state index contributed by atoms with van der Waals surface area (Å²) in [6, 6.07) is 0.239. The van der Waals surface area contributed by atoms with Gasteiger partial charge in [0, 0.05) is 25.0 Å². The average molecular weight is 243 g/mol. The highest BCUT2D eigenvalue weighted by Gasteiger charge is 2.12. The Kier molecular flexibility index (Phi) is 9.09. The highest BCUT2D eigenvalue weighted by atomic mass is 16.1. The Morgan fingerprint density at radius 3 is 2.53 bits per heavy atom. The van der Waals surface area contributed by atoms with Crippen LogP contribution in [0.3, 0.4) is 0 Å². The van der Waals surface area contributed by atoms with Gasteiger partial charge in [0.15, 0.2) is 0 Å². The van der Waals surface area contributed by atoms with Gasteiger partial charge in [-0.3, -0.25) is 4.79 Å². The Bertz CT molecular complexity index is 207. The van der Waals surface area contributed by atoms with Crippen molar-refractivity contribution in [2.45, 2.75) is 46.1 Å². The lowest BCUT2D eigenvalue weighted by Gasteiger charge is -2.16. The summed E-state index contributed by atoms with van der Waals surface area (Å²) in [6.07, 6.45) is 2.95. The van der Waals surface area contributed by atoms with Gasteiger partial charge in [-0.2, -0.15) is 0 Å². The predicted octanol–water partition coefficient (Wildman–Crippen LogP) is 1.21. The van der Waals surface area contributed by atoms with Crippen molar-refractivity contribution >= 4 is 5.91 Å². The van der Waals surface area contributed by atoms with Crippen molar-refractivity contribution in [3.05, 3.63) is 0 Å². The summed E-state index contributed by atoms with van der Waals surface area (Å²) in [4.78, 5) is 13.9. The Morgan fingerprint density at radius 2 is 2.00 bits per heavy atom. The van der Waals surface area contributed by atoms with Crippen LogP contribution < -0.4 is 11.1 Å². The fourth-order valence-electron chi connectivity index (χ4n) is 1.58. The number of nitrogens with one attached hydrogen (secondary N) is 1. The molecule has 0 radical (unpaired) electrons. The quantitative estimate of drug-likeness (QED) is 0.640. The topological polar surface area (TPSA) is 58.4 Å². The van der Waals surface area contributed by atoms with Crippen molar-refractivity contribution in [1.29, 1.82) is 0 Å². The molecule has 0 aromatic rings. The molecular weight excluding hydrogens is 214 g/mol. The smallest absolute Gasteiger partial charge is 0.222 e. The molecule has 0 aliphatic carbocycles. The molecule has 2 atom stereocenters. The van der Waals surface area contributed by atoms with Gasteiger partial charge in [-0.25, -0.2) is 0 Å². The maximum atomic E-state index is 11.7. The van der Waals surface area contributed by atoms with Crippen LogP contribution in [-0.4, -0.2) is 43.5 Å². The molecule has 0 heterocycles. The number of nitrogens with zero attached hydrogens (tertiary/aromatic N) is 1. The molecule has 1 amide bonds. The van der Waals surface area contributed by atoms with Crippen LogP contribution in [0.25, 0.3) is 0 Å². The summed E-state index contributed by atoms with van der Waals surface area (Å²) in [5.74, 6) is 0.264. The number of nitrogens with two attached hydrogens (primary N) is 1. The Labute approximate surface area is 106 Å². The molecule has 0 fully saturated rings. The molecule has 2 unspecified atom stereocenters. The lowest BCUT2D eigenvalue weighted by atomic mass is 10.0. The zero-order valence-corrected chi connectivity index (χ0v) is 11.8. The molecule has 4 nitrogen and oxygen atoms in total. The minimum Gasteiger partial charge on any atom is -0.355 e. The number of likely N-dealkylation sites (N-methyl/N-ethyl adjacent to an activating group) is 1. The summed E-state index contributed by atoms with van der Waals surface area (Å²) in [7, 11) is 2.05. The van der Waals surface area contributed by atoms with Gasteiger partial charge < -0.3 is 16.0 Å². The first kappa shape index (κ1) is 16.4. The number of carbonyl (C=O) groups is 1. The van der Waals surface area contributed by atoms with Crippen LogP contribution in [0.1, 0.15) is 40.0 Å². The summed E-state index contributed by atoms with van der Waals surface area (Å²) in [5.41, 5.74) is 5.68. The van der Waals surface area contributed by atoms with Crippen molar-refractivity contribution in [3.8, 4) is 0 Å². The number of hydrogen-bond donors (Lipinski definition) is 2. The standard InChI is InChI=1S/C13H29N3O/c1-5-16(4)10-9-15-13(17)11(2)7-6-8-12(3)14/h11-12H,5-10,14H2,1-4H3,(H,15,17). The van der Waals surface area contributed by atoms with Crippen LogP contribution in [0.15, 0.2) is 0 Å². The Morgan fingerprint density at radius 1 is 1.35 bits per heavy atom. The molecule has 0 rings (SSSR count). The van der Waals surface area contributed by atoms with Gasteiger partial charge in [-0.1, -0.05) is 20.3 Å². The van der Waals surface area contributed by atoms with Crippen LogP contribution >= 0.6 is 0 Å². The summed E-state index contributed by atoms with van der Waals surface area (Å²) in [6.45, 7) is 8.76. The molecule has 0 bridgehead atoms. The number of amides is 1. The largest absolute Gasteiger partial charge is 0.355 e. The van der Waals surface area contributed by atoms with Crippen molar-refractivity contribution in [2.75, 3.05) is 26.7 Å². The summed E-state index contributed by atoms with van der Waals surface area (Å²) < 4.78 is 0. The van der Waals surface area contributed by atoms with E-state index in [-0.39, 0.29) is 17.9 Å². The third-order valence-corrected chi connectivity index (χ3v) is 3.08. The third-order valence-electron chi connectivity index (χ3n) is 3.08. The van der Waals surface area contributed by atoms with Gasteiger partial charge in [0.05, 0.1) is 0 Å². The highest BCUT2D eigenvalue weighted by molar-refractivity contribution is 5.78. The fourth-order valence-corrected chi connectivity index (χ4v) is 1.58. The first-order chi connectivity index (χ1) is 7.97. The van der Waals surface area contributed by atoms with Gasteiger partial charge in [0.25, 0.3) is 0 Å². The van der Waals surface area contributed by atoms with E-state index in [1.807, 2.05) is 13.8 Å².